The molecule has 6 heteroatoms. The Kier molecular flexibility index (Phi) is 5.41. The van der Waals surface area contributed by atoms with Gasteiger partial charge in [0.25, 0.3) is 5.91 Å². The molecule has 6 nitrogen and oxygen atoms in total. The molecule has 0 aliphatic rings. The van der Waals surface area contributed by atoms with Gasteiger partial charge in [-0.05, 0) is 26.8 Å². The Hall–Kier alpha value is -2.50. The molecular formula is C16H21N5O. The Morgan fingerprint density at radius 2 is 1.95 bits per heavy atom. The number of aromatic nitrogens is 3. The van der Waals surface area contributed by atoms with Crippen molar-refractivity contribution in [2.45, 2.75) is 27.3 Å². The first-order valence-corrected chi connectivity index (χ1v) is 7.41. The van der Waals surface area contributed by atoms with E-state index in [2.05, 4.69) is 39.0 Å². The largest absolute Gasteiger partial charge is 0.357 e. The van der Waals surface area contributed by atoms with E-state index in [1.807, 2.05) is 19.1 Å². The first kappa shape index (κ1) is 15.9. The molecule has 0 radical (unpaired) electrons. The molecule has 0 aliphatic heterocycles. The number of anilines is 1. The van der Waals surface area contributed by atoms with Crippen LogP contribution in [-0.4, -0.2) is 33.9 Å². The van der Waals surface area contributed by atoms with E-state index >= 15 is 0 Å². The van der Waals surface area contributed by atoms with Crippen LogP contribution in [0.15, 0.2) is 30.7 Å². The number of carbonyl (C=O) groups is 1. The van der Waals surface area contributed by atoms with Crippen molar-refractivity contribution in [2.24, 2.45) is 0 Å². The minimum absolute atomic E-state index is 0.234. The number of rotatable bonds is 6. The molecule has 0 aromatic carbocycles. The lowest BCUT2D eigenvalue weighted by Crippen LogP contribution is -2.28. The van der Waals surface area contributed by atoms with Gasteiger partial charge in [0.1, 0.15) is 11.5 Å². The Bertz CT molecular complexity index is 623. The Morgan fingerprint density at radius 3 is 2.59 bits per heavy atom. The molecule has 0 atom stereocenters. The second-order valence-corrected chi connectivity index (χ2v) is 4.88. The van der Waals surface area contributed by atoms with E-state index in [4.69, 9.17) is 0 Å². The Labute approximate surface area is 130 Å². The fourth-order valence-electron chi connectivity index (χ4n) is 2.15. The highest BCUT2D eigenvalue weighted by Crippen LogP contribution is 2.16. The summed E-state index contributed by atoms with van der Waals surface area (Å²) in [6.45, 7) is 8.16. The van der Waals surface area contributed by atoms with Crippen molar-refractivity contribution in [3.05, 3.63) is 47.7 Å². The standard InChI is InChI=1S/C16H21N5O/c1-4-21(5-2)15-13(7-6-8-17-15)10-20-16(22)14-11-18-12(3)9-19-14/h6-9,11H,4-5,10H2,1-3H3,(H,20,22). The minimum Gasteiger partial charge on any atom is -0.357 e. The number of hydrogen-bond donors (Lipinski definition) is 1. The van der Waals surface area contributed by atoms with Crippen molar-refractivity contribution >= 4 is 11.7 Å². The Morgan fingerprint density at radius 1 is 1.18 bits per heavy atom. The molecule has 0 saturated heterocycles. The third-order valence-corrected chi connectivity index (χ3v) is 3.38. The summed E-state index contributed by atoms with van der Waals surface area (Å²) in [6.07, 6.45) is 4.84. The molecule has 0 fully saturated rings. The van der Waals surface area contributed by atoms with Crippen LogP contribution in [0.3, 0.4) is 0 Å². The zero-order chi connectivity index (χ0) is 15.9. The molecule has 1 N–H and O–H groups in total. The van der Waals surface area contributed by atoms with Crippen molar-refractivity contribution in [3.8, 4) is 0 Å². The van der Waals surface area contributed by atoms with E-state index < -0.39 is 0 Å². The SMILES string of the molecule is CCN(CC)c1ncccc1CNC(=O)c1cnc(C)cn1. The van der Waals surface area contributed by atoms with Gasteiger partial charge in [0.05, 0.1) is 11.9 Å². The van der Waals surface area contributed by atoms with Crippen molar-refractivity contribution in [1.29, 1.82) is 0 Å². The van der Waals surface area contributed by atoms with Crippen LogP contribution in [0.2, 0.25) is 0 Å². The van der Waals surface area contributed by atoms with Crippen LogP contribution in [0.4, 0.5) is 5.82 Å². The second kappa shape index (κ2) is 7.49. The quantitative estimate of drug-likeness (QED) is 0.883. The Balaban J connectivity index is 2.08. The molecule has 22 heavy (non-hydrogen) atoms. The van der Waals surface area contributed by atoms with Gasteiger partial charge in [0.15, 0.2) is 0 Å². The third-order valence-electron chi connectivity index (χ3n) is 3.38. The molecule has 0 saturated carbocycles. The van der Waals surface area contributed by atoms with E-state index in [1.54, 1.807) is 12.4 Å². The molecule has 2 aromatic rings. The molecule has 2 heterocycles. The van der Waals surface area contributed by atoms with Gasteiger partial charge in [-0.15, -0.1) is 0 Å². The maximum atomic E-state index is 12.1. The monoisotopic (exact) mass is 299 g/mol. The van der Waals surface area contributed by atoms with E-state index in [0.29, 0.717) is 12.2 Å². The number of pyridine rings is 1. The lowest BCUT2D eigenvalue weighted by Gasteiger charge is -2.22. The van der Waals surface area contributed by atoms with Crippen LogP contribution in [-0.2, 0) is 6.54 Å². The molecule has 0 aliphatic carbocycles. The zero-order valence-electron chi connectivity index (χ0n) is 13.2. The van der Waals surface area contributed by atoms with Crippen molar-refractivity contribution in [1.82, 2.24) is 20.3 Å². The first-order valence-electron chi connectivity index (χ1n) is 7.41. The maximum Gasteiger partial charge on any atom is 0.271 e. The predicted octanol–water partition coefficient (Wildman–Crippen LogP) is 1.96. The predicted molar refractivity (Wildman–Crippen MR) is 85.7 cm³/mol. The van der Waals surface area contributed by atoms with Gasteiger partial charge in [-0.2, -0.15) is 0 Å². The molecule has 0 spiro atoms. The van der Waals surface area contributed by atoms with E-state index in [-0.39, 0.29) is 5.91 Å². The fourth-order valence-corrected chi connectivity index (χ4v) is 2.15. The lowest BCUT2D eigenvalue weighted by atomic mass is 10.2. The summed E-state index contributed by atoms with van der Waals surface area (Å²) in [6, 6.07) is 3.85. The number of aryl methyl sites for hydroxylation is 1. The number of carbonyl (C=O) groups excluding carboxylic acids is 1. The van der Waals surface area contributed by atoms with Crippen LogP contribution >= 0.6 is 0 Å². The normalized spacial score (nSPS) is 10.3. The molecule has 0 unspecified atom stereocenters. The zero-order valence-corrected chi connectivity index (χ0v) is 13.2. The molecular weight excluding hydrogens is 278 g/mol. The summed E-state index contributed by atoms with van der Waals surface area (Å²) in [5.74, 6) is 0.671. The summed E-state index contributed by atoms with van der Waals surface area (Å²) < 4.78 is 0. The molecule has 2 rings (SSSR count). The van der Waals surface area contributed by atoms with Gasteiger partial charge >= 0.3 is 0 Å². The maximum absolute atomic E-state index is 12.1. The van der Waals surface area contributed by atoms with Gasteiger partial charge in [0.2, 0.25) is 0 Å². The van der Waals surface area contributed by atoms with Crippen LogP contribution < -0.4 is 10.2 Å². The third kappa shape index (κ3) is 3.78. The first-order chi connectivity index (χ1) is 10.7. The van der Waals surface area contributed by atoms with Gasteiger partial charge in [-0.3, -0.25) is 9.78 Å². The lowest BCUT2D eigenvalue weighted by molar-refractivity contribution is 0.0945. The highest BCUT2D eigenvalue weighted by molar-refractivity contribution is 5.91. The number of amides is 1. The minimum atomic E-state index is -0.234. The summed E-state index contributed by atoms with van der Waals surface area (Å²) in [7, 11) is 0. The second-order valence-electron chi connectivity index (χ2n) is 4.88. The fraction of sp³-hybridized carbons (Fsp3) is 0.375. The smallest absolute Gasteiger partial charge is 0.271 e. The number of nitrogens with one attached hydrogen (secondary N) is 1. The highest BCUT2D eigenvalue weighted by Gasteiger charge is 2.12. The average molecular weight is 299 g/mol. The van der Waals surface area contributed by atoms with Gasteiger partial charge < -0.3 is 10.2 Å². The van der Waals surface area contributed by atoms with E-state index in [9.17, 15) is 4.79 Å². The van der Waals surface area contributed by atoms with Crippen molar-refractivity contribution in [2.75, 3.05) is 18.0 Å². The number of nitrogens with zero attached hydrogens (tertiary/aromatic N) is 4. The van der Waals surface area contributed by atoms with Crippen LogP contribution in [0, 0.1) is 6.92 Å². The van der Waals surface area contributed by atoms with E-state index in [0.717, 1.165) is 30.2 Å². The summed E-state index contributed by atoms with van der Waals surface area (Å²) in [5.41, 5.74) is 2.09. The average Bonchev–Trinajstić information content (AvgIpc) is 2.55. The van der Waals surface area contributed by atoms with Crippen LogP contribution in [0.5, 0.6) is 0 Å². The van der Waals surface area contributed by atoms with Crippen molar-refractivity contribution in [3.63, 3.8) is 0 Å². The highest BCUT2D eigenvalue weighted by atomic mass is 16.1. The topological polar surface area (TPSA) is 71.0 Å². The van der Waals surface area contributed by atoms with Crippen LogP contribution in [0.1, 0.15) is 35.6 Å². The molecule has 1 amide bonds. The molecule has 0 bridgehead atoms. The number of hydrogen-bond acceptors (Lipinski definition) is 5. The van der Waals surface area contributed by atoms with E-state index in [1.165, 1.54) is 6.20 Å². The molecule has 2 aromatic heterocycles. The van der Waals surface area contributed by atoms with Crippen molar-refractivity contribution < 1.29 is 4.79 Å². The summed E-state index contributed by atoms with van der Waals surface area (Å²) in [4.78, 5) is 26.9. The molecule has 116 valence electrons. The summed E-state index contributed by atoms with van der Waals surface area (Å²) >= 11 is 0. The van der Waals surface area contributed by atoms with Crippen LogP contribution in [0.25, 0.3) is 0 Å². The summed E-state index contributed by atoms with van der Waals surface area (Å²) in [5, 5.41) is 2.87. The van der Waals surface area contributed by atoms with Gasteiger partial charge in [0, 0.05) is 37.6 Å². The van der Waals surface area contributed by atoms with Gasteiger partial charge in [-0.25, -0.2) is 9.97 Å². The van der Waals surface area contributed by atoms with Gasteiger partial charge in [-0.1, -0.05) is 6.07 Å².